The Kier molecular flexibility index (Phi) is 3.92. The minimum absolute atomic E-state index is 0.0694. The van der Waals surface area contributed by atoms with E-state index in [2.05, 4.69) is 0 Å². The molecule has 2 rings (SSSR count). The second-order valence-corrected chi connectivity index (χ2v) is 4.39. The van der Waals surface area contributed by atoms with E-state index in [0.29, 0.717) is 6.42 Å². The smallest absolute Gasteiger partial charge is 0.275 e. The first-order valence-electron chi connectivity index (χ1n) is 5.59. The van der Waals surface area contributed by atoms with Gasteiger partial charge in [-0.05, 0) is 35.2 Å². The van der Waals surface area contributed by atoms with Gasteiger partial charge in [-0.25, -0.2) is 0 Å². The summed E-state index contributed by atoms with van der Waals surface area (Å²) in [5.74, 6) is 0. The van der Waals surface area contributed by atoms with Gasteiger partial charge in [0.2, 0.25) is 0 Å². The molecule has 5 heteroatoms. The summed E-state index contributed by atoms with van der Waals surface area (Å²) in [7, 11) is 0. The lowest BCUT2D eigenvalue weighted by Crippen LogP contribution is -2.00. The quantitative estimate of drug-likeness (QED) is 0.487. The lowest BCUT2D eigenvalue weighted by atomic mass is 10.0. The Bertz CT molecular complexity index is 626. The minimum Gasteiger partial charge on any atom is -0.275 e. The van der Waals surface area contributed by atoms with Crippen molar-refractivity contribution >= 4 is 22.5 Å². The van der Waals surface area contributed by atoms with Gasteiger partial charge in [-0.15, -0.1) is 0 Å². The van der Waals surface area contributed by atoms with Crippen LogP contribution in [0.15, 0.2) is 48.5 Å². The maximum absolute atomic E-state index is 11.2. The van der Waals surface area contributed by atoms with E-state index in [0.717, 1.165) is 11.1 Å². The van der Waals surface area contributed by atoms with Gasteiger partial charge in [-0.3, -0.25) is 14.9 Å². The van der Waals surface area contributed by atoms with Gasteiger partial charge in [0.05, 0.1) is 4.92 Å². The zero-order valence-electron chi connectivity index (χ0n) is 9.88. The predicted molar refractivity (Wildman–Crippen MR) is 72.5 cm³/mol. The molecule has 0 atom stereocenters. The number of benzene rings is 2. The maximum Gasteiger partial charge on any atom is 0.281 e. The van der Waals surface area contributed by atoms with Gasteiger partial charge in [0.25, 0.3) is 10.9 Å². The van der Waals surface area contributed by atoms with Crippen molar-refractivity contribution in [2.24, 2.45) is 0 Å². The summed E-state index contributed by atoms with van der Waals surface area (Å²) >= 11 is 5.38. The van der Waals surface area contributed by atoms with E-state index in [1.165, 1.54) is 12.1 Å². The minimum atomic E-state index is -0.818. The molecule has 0 amide bonds. The van der Waals surface area contributed by atoms with Gasteiger partial charge in [-0.1, -0.05) is 36.4 Å². The van der Waals surface area contributed by atoms with Crippen LogP contribution in [0.5, 0.6) is 0 Å². The van der Waals surface area contributed by atoms with E-state index < -0.39 is 10.2 Å². The number of carbonyl (C=O) groups is 1. The Morgan fingerprint density at radius 2 is 1.79 bits per heavy atom. The molecule has 4 nitrogen and oxygen atoms in total. The molecule has 96 valence electrons. The highest BCUT2D eigenvalue weighted by Crippen LogP contribution is 2.23. The van der Waals surface area contributed by atoms with Gasteiger partial charge in [-0.2, -0.15) is 0 Å². The highest BCUT2D eigenvalue weighted by molar-refractivity contribution is 6.68. The Morgan fingerprint density at radius 3 is 2.37 bits per heavy atom. The molecule has 0 aliphatic carbocycles. The topological polar surface area (TPSA) is 60.2 Å². The normalized spacial score (nSPS) is 10.2. The lowest BCUT2D eigenvalue weighted by molar-refractivity contribution is -0.385. The molecule has 0 aromatic heterocycles. The van der Waals surface area contributed by atoms with Crippen LogP contribution in [-0.4, -0.2) is 10.2 Å². The Labute approximate surface area is 114 Å². The van der Waals surface area contributed by atoms with Crippen LogP contribution in [-0.2, 0) is 6.42 Å². The number of rotatable bonds is 4. The highest BCUT2D eigenvalue weighted by atomic mass is 35.5. The number of hydrogen-bond acceptors (Lipinski definition) is 3. The lowest BCUT2D eigenvalue weighted by Gasteiger charge is -2.04. The second kappa shape index (κ2) is 5.63. The summed E-state index contributed by atoms with van der Waals surface area (Å²) in [6.45, 7) is 0. The molecule has 2 aromatic carbocycles. The molecule has 0 aliphatic heterocycles. The van der Waals surface area contributed by atoms with Gasteiger partial charge in [0, 0.05) is 6.07 Å². The van der Waals surface area contributed by atoms with E-state index >= 15 is 0 Å². The van der Waals surface area contributed by atoms with Gasteiger partial charge < -0.3 is 0 Å². The number of nitro groups is 1. The zero-order valence-corrected chi connectivity index (χ0v) is 10.6. The van der Waals surface area contributed by atoms with E-state index in [4.69, 9.17) is 11.6 Å². The first-order chi connectivity index (χ1) is 9.08. The summed E-state index contributed by atoms with van der Waals surface area (Å²) in [6.07, 6.45) is 0.593. The number of halogens is 1. The number of carbonyl (C=O) groups excluding carboxylic acids is 1. The second-order valence-electron chi connectivity index (χ2n) is 4.04. The molecule has 0 unspecified atom stereocenters. The van der Waals surface area contributed by atoms with Crippen LogP contribution in [0.4, 0.5) is 5.69 Å². The summed E-state index contributed by atoms with van der Waals surface area (Å²) in [4.78, 5) is 21.4. The van der Waals surface area contributed by atoms with Crippen LogP contribution in [0.1, 0.15) is 21.5 Å². The maximum atomic E-state index is 11.2. The van der Waals surface area contributed by atoms with Crippen LogP contribution in [0.3, 0.4) is 0 Å². The van der Waals surface area contributed by atoms with Crippen LogP contribution in [0.2, 0.25) is 0 Å². The highest BCUT2D eigenvalue weighted by Gasteiger charge is 2.18. The summed E-state index contributed by atoms with van der Waals surface area (Å²) in [5, 5.41) is 9.97. The third-order valence-corrected chi connectivity index (χ3v) is 2.92. The average Bonchev–Trinajstić information content (AvgIpc) is 2.39. The SMILES string of the molecule is O=C(Cl)c1cc(Cc2ccccc2)ccc1[N+](=O)[O-]. The molecule has 0 saturated heterocycles. The first kappa shape index (κ1) is 13.2. The third kappa shape index (κ3) is 3.17. The summed E-state index contributed by atoms with van der Waals surface area (Å²) < 4.78 is 0. The van der Waals surface area contributed by atoms with Crippen molar-refractivity contribution in [2.45, 2.75) is 6.42 Å². The number of nitrogens with zero attached hydrogens (tertiary/aromatic N) is 1. The monoisotopic (exact) mass is 275 g/mol. The van der Waals surface area contributed by atoms with Crippen molar-refractivity contribution in [3.63, 3.8) is 0 Å². The van der Waals surface area contributed by atoms with Crippen molar-refractivity contribution in [1.29, 1.82) is 0 Å². The van der Waals surface area contributed by atoms with Crippen molar-refractivity contribution in [3.8, 4) is 0 Å². The van der Waals surface area contributed by atoms with Crippen LogP contribution in [0, 0.1) is 10.1 Å². The fourth-order valence-corrected chi connectivity index (χ4v) is 1.99. The molecule has 19 heavy (non-hydrogen) atoms. The Hall–Kier alpha value is -2.20. The molecule has 0 heterocycles. The van der Waals surface area contributed by atoms with Crippen molar-refractivity contribution < 1.29 is 9.72 Å². The fourth-order valence-electron chi connectivity index (χ4n) is 1.84. The Balaban J connectivity index is 2.36. The molecule has 0 radical (unpaired) electrons. The van der Waals surface area contributed by atoms with Crippen molar-refractivity contribution in [2.75, 3.05) is 0 Å². The predicted octanol–water partition coefficient (Wildman–Crippen LogP) is 3.56. The average molecular weight is 276 g/mol. The van der Waals surface area contributed by atoms with Gasteiger partial charge in [0.1, 0.15) is 5.56 Å². The fraction of sp³-hybridized carbons (Fsp3) is 0.0714. The van der Waals surface area contributed by atoms with E-state index in [1.807, 2.05) is 30.3 Å². The Morgan fingerprint density at radius 1 is 1.11 bits per heavy atom. The summed E-state index contributed by atoms with van der Waals surface area (Å²) in [5.41, 5.74) is 1.53. The molecular formula is C14H10ClNO3. The first-order valence-corrected chi connectivity index (χ1v) is 5.97. The molecule has 0 spiro atoms. The molecule has 0 N–H and O–H groups in total. The van der Waals surface area contributed by atoms with Gasteiger partial charge >= 0.3 is 0 Å². The number of nitro benzene ring substituents is 1. The van der Waals surface area contributed by atoms with E-state index in [1.54, 1.807) is 6.07 Å². The standard InChI is InChI=1S/C14H10ClNO3/c15-14(17)12-9-11(6-7-13(12)16(18)19)8-10-4-2-1-3-5-10/h1-7,9H,8H2. The van der Waals surface area contributed by atoms with Crippen LogP contribution < -0.4 is 0 Å². The third-order valence-electron chi connectivity index (χ3n) is 2.72. The zero-order chi connectivity index (χ0) is 13.8. The molecule has 0 aliphatic rings. The van der Waals surface area contributed by atoms with E-state index in [9.17, 15) is 14.9 Å². The molecule has 0 bridgehead atoms. The molecule has 2 aromatic rings. The molecule has 0 saturated carbocycles. The summed E-state index contributed by atoms with van der Waals surface area (Å²) in [6, 6.07) is 14.0. The largest absolute Gasteiger partial charge is 0.281 e. The van der Waals surface area contributed by atoms with E-state index in [-0.39, 0.29) is 11.3 Å². The van der Waals surface area contributed by atoms with Crippen molar-refractivity contribution in [3.05, 3.63) is 75.3 Å². The van der Waals surface area contributed by atoms with Crippen LogP contribution >= 0.6 is 11.6 Å². The molecular weight excluding hydrogens is 266 g/mol. The number of hydrogen-bond donors (Lipinski definition) is 0. The van der Waals surface area contributed by atoms with Crippen LogP contribution in [0.25, 0.3) is 0 Å². The van der Waals surface area contributed by atoms with Gasteiger partial charge in [0.15, 0.2) is 0 Å². The van der Waals surface area contributed by atoms with Crippen molar-refractivity contribution in [1.82, 2.24) is 0 Å². The molecule has 0 fully saturated rings.